The molecule has 0 aliphatic heterocycles. The number of rotatable bonds is 1. The minimum atomic E-state index is 0.685. The number of hydrogen-bond acceptors (Lipinski definition) is 1. The van der Waals surface area contributed by atoms with Gasteiger partial charge in [-0.05, 0) is 25.6 Å². The highest BCUT2D eigenvalue weighted by molar-refractivity contribution is 6.32. The summed E-state index contributed by atoms with van der Waals surface area (Å²) in [5.41, 5.74) is 1.97. The van der Waals surface area contributed by atoms with E-state index in [4.69, 9.17) is 11.6 Å². The highest BCUT2D eigenvalue weighted by Crippen LogP contribution is 2.18. The molecule has 0 aliphatic carbocycles. The van der Waals surface area contributed by atoms with Gasteiger partial charge in [0.2, 0.25) is 0 Å². The summed E-state index contributed by atoms with van der Waals surface area (Å²) in [5.74, 6) is 5.98. The van der Waals surface area contributed by atoms with Crippen LogP contribution in [0, 0.1) is 18.8 Å². The smallest absolute Gasteiger partial charge is 0.0591 e. The molecular weight excluding hydrogens is 182 g/mol. The Balaban J connectivity index is 2.91. The molecule has 0 heterocycles. The molecule has 1 aromatic carbocycles. The molecule has 0 unspecified atom stereocenters. The molecule has 1 rings (SSSR count). The van der Waals surface area contributed by atoms with Gasteiger partial charge < -0.3 is 5.32 Å². The van der Waals surface area contributed by atoms with E-state index >= 15 is 0 Å². The Morgan fingerprint density at radius 1 is 1.46 bits per heavy atom. The van der Waals surface area contributed by atoms with Gasteiger partial charge in [0.25, 0.3) is 0 Å². The van der Waals surface area contributed by atoms with Gasteiger partial charge >= 0.3 is 0 Å². The van der Waals surface area contributed by atoms with Crippen LogP contribution in [0.3, 0.4) is 0 Å². The average Bonchev–Trinajstić information content (AvgIpc) is 2.13. The van der Waals surface area contributed by atoms with Crippen molar-refractivity contribution < 1.29 is 0 Å². The second-order valence-corrected chi connectivity index (χ2v) is 3.15. The molecule has 0 atom stereocenters. The molecule has 0 aliphatic rings. The Bertz CT molecular complexity index is 347. The fraction of sp³-hybridized carbons (Fsp3) is 0.273. The molecule has 2 heteroatoms. The molecule has 0 radical (unpaired) electrons. The first kappa shape index (κ1) is 10.1. The number of nitrogens with one attached hydrogen (secondary N) is 1. The maximum absolute atomic E-state index is 6.05. The maximum atomic E-state index is 6.05. The lowest BCUT2D eigenvalue weighted by atomic mass is 10.1. The summed E-state index contributed by atoms with van der Waals surface area (Å²) in [6, 6.07) is 5.87. The van der Waals surface area contributed by atoms with Gasteiger partial charge in [-0.15, -0.1) is 0 Å². The predicted molar refractivity (Wildman–Crippen MR) is 57.0 cm³/mol. The van der Waals surface area contributed by atoms with Crippen molar-refractivity contribution in [3.63, 3.8) is 0 Å². The first-order valence-electron chi connectivity index (χ1n) is 4.14. The third-order valence-electron chi connectivity index (χ3n) is 1.68. The van der Waals surface area contributed by atoms with Gasteiger partial charge in [0.05, 0.1) is 11.6 Å². The second kappa shape index (κ2) is 4.91. The van der Waals surface area contributed by atoms with Gasteiger partial charge in [-0.3, -0.25) is 0 Å². The van der Waals surface area contributed by atoms with Gasteiger partial charge in [-0.1, -0.05) is 35.6 Å². The van der Waals surface area contributed by atoms with Gasteiger partial charge in [0.15, 0.2) is 0 Å². The standard InChI is InChI=1S/C11H12ClN/c1-9-5-3-6-10(11(9)12)7-4-8-13-2/h3,5-6,13H,8H2,1-2H3. The van der Waals surface area contributed by atoms with Crippen molar-refractivity contribution in [1.82, 2.24) is 5.32 Å². The van der Waals surface area contributed by atoms with Crippen molar-refractivity contribution in [3.05, 3.63) is 34.3 Å². The summed E-state index contributed by atoms with van der Waals surface area (Å²) < 4.78 is 0. The Hall–Kier alpha value is -0.970. The Labute approximate surface area is 84.1 Å². The average molecular weight is 194 g/mol. The Morgan fingerprint density at radius 2 is 2.23 bits per heavy atom. The van der Waals surface area contributed by atoms with E-state index < -0.39 is 0 Å². The summed E-state index contributed by atoms with van der Waals surface area (Å²) in [7, 11) is 1.87. The predicted octanol–water partition coefficient (Wildman–Crippen LogP) is 2.22. The topological polar surface area (TPSA) is 12.0 Å². The third-order valence-corrected chi connectivity index (χ3v) is 2.18. The van der Waals surface area contributed by atoms with Crippen molar-refractivity contribution in [3.8, 4) is 11.8 Å². The molecule has 68 valence electrons. The van der Waals surface area contributed by atoms with Crippen molar-refractivity contribution in [2.75, 3.05) is 13.6 Å². The van der Waals surface area contributed by atoms with Gasteiger partial charge in [0.1, 0.15) is 0 Å². The summed E-state index contributed by atoms with van der Waals surface area (Å²) in [6.07, 6.45) is 0. The van der Waals surface area contributed by atoms with Crippen LogP contribution in [0.15, 0.2) is 18.2 Å². The first-order chi connectivity index (χ1) is 6.25. The van der Waals surface area contributed by atoms with E-state index in [-0.39, 0.29) is 0 Å². The van der Waals surface area contributed by atoms with E-state index in [0.717, 1.165) is 16.1 Å². The molecule has 1 aromatic rings. The lowest BCUT2D eigenvalue weighted by Gasteiger charge is -1.98. The lowest BCUT2D eigenvalue weighted by molar-refractivity contribution is 0.938. The van der Waals surface area contributed by atoms with Crippen molar-refractivity contribution >= 4 is 11.6 Å². The molecule has 0 saturated carbocycles. The molecule has 0 bridgehead atoms. The van der Waals surface area contributed by atoms with Crippen LogP contribution in [0.1, 0.15) is 11.1 Å². The zero-order chi connectivity index (χ0) is 9.68. The monoisotopic (exact) mass is 193 g/mol. The van der Waals surface area contributed by atoms with E-state index in [2.05, 4.69) is 17.2 Å². The minimum absolute atomic E-state index is 0.685. The van der Waals surface area contributed by atoms with Gasteiger partial charge in [-0.25, -0.2) is 0 Å². The highest BCUT2D eigenvalue weighted by Gasteiger charge is 1.97. The Morgan fingerprint density at radius 3 is 2.92 bits per heavy atom. The van der Waals surface area contributed by atoms with Crippen LogP contribution in [-0.2, 0) is 0 Å². The molecule has 1 nitrogen and oxygen atoms in total. The number of benzene rings is 1. The number of aryl methyl sites for hydroxylation is 1. The summed E-state index contributed by atoms with van der Waals surface area (Å²) in [6.45, 7) is 2.66. The van der Waals surface area contributed by atoms with Crippen molar-refractivity contribution in [2.24, 2.45) is 0 Å². The van der Waals surface area contributed by atoms with Crippen LogP contribution in [0.4, 0.5) is 0 Å². The van der Waals surface area contributed by atoms with E-state index in [0.29, 0.717) is 6.54 Å². The van der Waals surface area contributed by atoms with E-state index in [1.807, 2.05) is 32.2 Å². The van der Waals surface area contributed by atoms with Crippen LogP contribution in [0.5, 0.6) is 0 Å². The van der Waals surface area contributed by atoms with Crippen LogP contribution in [0.25, 0.3) is 0 Å². The second-order valence-electron chi connectivity index (χ2n) is 2.77. The van der Waals surface area contributed by atoms with Gasteiger partial charge in [-0.2, -0.15) is 0 Å². The molecule has 0 fully saturated rings. The maximum Gasteiger partial charge on any atom is 0.0591 e. The fourth-order valence-corrected chi connectivity index (χ4v) is 1.15. The van der Waals surface area contributed by atoms with Crippen molar-refractivity contribution in [2.45, 2.75) is 6.92 Å². The van der Waals surface area contributed by atoms with Crippen LogP contribution >= 0.6 is 11.6 Å². The van der Waals surface area contributed by atoms with E-state index in [1.54, 1.807) is 0 Å². The van der Waals surface area contributed by atoms with Crippen LogP contribution in [0.2, 0.25) is 5.02 Å². The molecule has 0 saturated heterocycles. The molecular formula is C11H12ClN. The summed E-state index contributed by atoms with van der Waals surface area (Å²) >= 11 is 6.05. The zero-order valence-corrected chi connectivity index (χ0v) is 8.57. The quantitative estimate of drug-likeness (QED) is 0.675. The molecule has 0 spiro atoms. The number of halogens is 1. The molecule has 0 aromatic heterocycles. The summed E-state index contributed by atoms with van der Waals surface area (Å²) in [4.78, 5) is 0. The number of hydrogen-bond donors (Lipinski definition) is 1. The minimum Gasteiger partial charge on any atom is -0.309 e. The molecule has 0 amide bonds. The first-order valence-corrected chi connectivity index (χ1v) is 4.52. The van der Waals surface area contributed by atoms with Gasteiger partial charge in [0, 0.05) is 5.56 Å². The van der Waals surface area contributed by atoms with E-state index in [1.165, 1.54) is 0 Å². The van der Waals surface area contributed by atoms with E-state index in [9.17, 15) is 0 Å². The fourth-order valence-electron chi connectivity index (χ4n) is 0.972. The zero-order valence-electron chi connectivity index (χ0n) is 7.82. The normalized spacial score (nSPS) is 9.15. The largest absolute Gasteiger partial charge is 0.309 e. The molecule has 1 N–H and O–H groups in total. The summed E-state index contributed by atoms with van der Waals surface area (Å²) in [5, 5.41) is 3.71. The highest BCUT2D eigenvalue weighted by atomic mass is 35.5. The van der Waals surface area contributed by atoms with Crippen LogP contribution < -0.4 is 5.32 Å². The molecule has 13 heavy (non-hydrogen) atoms. The third kappa shape index (κ3) is 2.77. The Kier molecular flexibility index (Phi) is 3.82. The lowest BCUT2D eigenvalue weighted by Crippen LogP contribution is -2.04. The SMILES string of the molecule is CNCC#Cc1cccc(C)c1Cl. The van der Waals surface area contributed by atoms with Crippen molar-refractivity contribution in [1.29, 1.82) is 0 Å². The van der Waals surface area contributed by atoms with Crippen LogP contribution in [-0.4, -0.2) is 13.6 Å².